The fourth-order valence-corrected chi connectivity index (χ4v) is 3.14. The van der Waals surface area contributed by atoms with E-state index >= 15 is 0 Å². The quantitative estimate of drug-likeness (QED) is 0.877. The number of nitrogens with one attached hydrogen (secondary N) is 2. The van der Waals surface area contributed by atoms with Crippen LogP contribution in [0.15, 0.2) is 24.3 Å². The molecule has 2 N–H and O–H groups in total. The first-order chi connectivity index (χ1) is 11.1. The van der Waals surface area contributed by atoms with Crippen LogP contribution in [0.4, 0.5) is 0 Å². The molecule has 2 amide bonds. The maximum atomic E-state index is 12.6. The largest absolute Gasteiger partial charge is 0.355 e. The van der Waals surface area contributed by atoms with Crippen molar-refractivity contribution in [3.05, 3.63) is 35.4 Å². The summed E-state index contributed by atoms with van der Waals surface area (Å²) < 4.78 is 0. The van der Waals surface area contributed by atoms with Gasteiger partial charge in [0.25, 0.3) is 5.91 Å². The summed E-state index contributed by atoms with van der Waals surface area (Å²) in [4.78, 5) is 26.7. The number of nitrogens with zero attached hydrogens (tertiary/aromatic N) is 1. The maximum Gasteiger partial charge on any atom is 0.253 e. The molecule has 2 heterocycles. The molecule has 0 aliphatic carbocycles. The van der Waals surface area contributed by atoms with E-state index in [1.54, 1.807) is 0 Å². The van der Waals surface area contributed by atoms with Crippen molar-refractivity contribution in [3.63, 3.8) is 0 Å². The van der Waals surface area contributed by atoms with Gasteiger partial charge in [0.1, 0.15) is 0 Å². The van der Waals surface area contributed by atoms with Gasteiger partial charge in [-0.2, -0.15) is 0 Å². The number of benzene rings is 1. The van der Waals surface area contributed by atoms with Gasteiger partial charge in [-0.1, -0.05) is 17.7 Å². The Morgan fingerprint density at radius 2 is 2.00 bits per heavy atom. The van der Waals surface area contributed by atoms with Crippen molar-refractivity contribution in [3.8, 4) is 0 Å². The van der Waals surface area contributed by atoms with E-state index in [0.717, 1.165) is 44.6 Å². The van der Waals surface area contributed by atoms with Crippen LogP contribution < -0.4 is 10.6 Å². The molecule has 5 nitrogen and oxygen atoms in total. The van der Waals surface area contributed by atoms with Crippen molar-refractivity contribution in [2.75, 3.05) is 32.7 Å². The van der Waals surface area contributed by atoms with Gasteiger partial charge in [0.15, 0.2) is 0 Å². The molecule has 0 aromatic heterocycles. The van der Waals surface area contributed by atoms with E-state index < -0.39 is 0 Å². The number of aryl methyl sites for hydroxylation is 1. The summed E-state index contributed by atoms with van der Waals surface area (Å²) in [6.45, 7) is 6.00. The van der Waals surface area contributed by atoms with Gasteiger partial charge in [-0.15, -0.1) is 0 Å². The first-order valence-corrected chi connectivity index (χ1v) is 8.48. The van der Waals surface area contributed by atoms with Gasteiger partial charge in [-0.05, 0) is 31.9 Å². The molecular formula is C18H25N3O2. The molecule has 1 aromatic rings. The standard InChI is InChI=1S/C18H25N3O2/c1-13-4-6-15(7-5-13)18(23)21-8-2-3-16(12-21)17(22)20-11-14-9-19-10-14/h4-7,14,16,19H,2-3,8-12H2,1H3,(H,20,22). The van der Waals surface area contributed by atoms with Gasteiger partial charge in [0, 0.05) is 44.2 Å². The van der Waals surface area contributed by atoms with Crippen molar-refractivity contribution in [1.29, 1.82) is 0 Å². The number of rotatable bonds is 4. The summed E-state index contributed by atoms with van der Waals surface area (Å²) in [5, 5.41) is 6.25. The number of piperidine rings is 1. The highest BCUT2D eigenvalue weighted by molar-refractivity contribution is 5.94. The molecule has 1 unspecified atom stereocenters. The maximum absolute atomic E-state index is 12.6. The number of hydrogen-bond acceptors (Lipinski definition) is 3. The third-order valence-electron chi connectivity index (χ3n) is 4.81. The number of hydrogen-bond donors (Lipinski definition) is 2. The number of likely N-dealkylation sites (tertiary alicyclic amines) is 1. The molecule has 0 bridgehead atoms. The van der Waals surface area contributed by atoms with Gasteiger partial charge in [0.05, 0.1) is 5.92 Å². The summed E-state index contributed by atoms with van der Waals surface area (Å²) >= 11 is 0. The molecule has 5 heteroatoms. The molecule has 0 spiro atoms. The van der Waals surface area contributed by atoms with E-state index in [4.69, 9.17) is 0 Å². The monoisotopic (exact) mass is 315 g/mol. The van der Waals surface area contributed by atoms with Crippen LogP contribution in [-0.2, 0) is 4.79 Å². The van der Waals surface area contributed by atoms with E-state index in [2.05, 4.69) is 10.6 Å². The second-order valence-corrected chi connectivity index (χ2v) is 6.73. The van der Waals surface area contributed by atoms with E-state index in [0.29, 0.717) is 18.0 Å². The first-order valence-electron chi connectivity index (χ1n) is 8.48. The Kier molecular flexibility index (Phi) is 4.96. The molecule has 2 aliphatic heterocycles. The van der Waals surface area contributed by atoms with Crippen LogP contribution in [0.3, 0.4) is 0 Å². The highest BCUT2D eigenvalue weighted by Crippen LogP contribution is 2.19. The molecule has 3 rings (SSSR count). The Morgan fingerprint density at radius 3 is 2.65 bits per heavy atom. The lowest BCUT2D eigenvalue weighted by Crippen LogP contribution is -2.50. The Bertz CT molecular complexity index is 566. The average molecular weight is 315 g/mol. The average Bonchev–Trinajstić information content (AvgIpc) is 2.53. The van der Waals surface area contributed by atoms with Crippen LogP contribution in [0.2, 0.25) is 0 Å². The zero-order chi connectivity index (χ0) is 16.2. The van der Waals surface area contributed by atoms with Crippen molar-refractivity contribution in [1.82, 2.24) is 15.5 Å². The third-order valence-corrected chi connectivity index (χ3v) is 4.81. The van der Waals surface area contributed by atoms with Crippen LogP contribution in [0.1, 0.15) is 28.8 Å². The van der Waals surface area contributed by atoms with E-state index in [1.807, 2.05) is 36.1 Å². The lowest BCUT2D eigenvalue weighted by Gasteiger charge is -2.33. The predicted octanol–water partition coefficient (Wildman–Crippen LogP) is 1.18. The van der Waals surface area contributed by atoms with Crippen LogP contribution in [0.5, 0.6) is 0 Å². The van der Waals surface area contributed by atoms with Crippen LogP contribution >= 0.6 is 0 Å². The topological polar surface area (TPSA) is 61.4 Å². The van der Waals surface area contributed by atoms with Crippen molar-refractivity contribution < 1.29 is 9.59 Å². The molecule has 2 saturated heterocycles. The summed E-state index contributed by atoms with van der Waals surface area (Å²) in [5.41, 5.74) is 1.85. The Balaban J connectivity index is 1.55. The van der Waals surface area contributed by atoms with Crippen molar-refractivity contribution in [2.24, 2.45) is 11.8 Å². The zero-order valence-electron chi connectivity index (χ0n) is 13.7. The summed E-state index contributed by atoms with van der Waals surface area (Å²) in [6.07, 6.45) is 1.76. The SMILES string of the molecule is Cc1ccc(C(=O)N2CCCC(C(=O)NCC3CNC3)C2)cc1. The fraction of sp³-hybridized carbons (Fsp3) is 0.556. The van der Waals surface area contributed by atoms with Gasteiger partial charge in [0.2, 0.25) is 5.91 Å². The summed E-state index contributed by atoms with van der Waals surface area (Å²) in [6, 6.07) is 7.64. The van der Waals surface area contributed by atoms with Crippen LogP contribution in [0.25, 0.3) is 0 Å². The van der Waals surface area contributed by atoms with E-state index in [-0.39, 0.29) is 17.7 Å². The molecule has 0 saturated carbocycles. The first kappa shape index (κ1) is 16.0. The second-order valence-electron chi connectivity index (χ2n) is 6.73. The lowest BCUT2D eigenvalue weighted by molar-refractivity contribution is -0.126. The molecule has 2 aliphatic rings. The predicted molar refractivity (Wildman–Crippen MR) is 89.2 cm³/mol. The highest BCUT2D eigenvalue weighted by atomic mass is 16.2. The van der Waals surface area contributed by atoms with E-state index in [1.165, 1.54) is 0 Å². The van der Waals surface area contributed by atoms with Gasteiger partial charge in [-0.3, -0.25) is 9.59 Å². The molecule has 23 heavy (non-hydrogen) atoms. The second kappa shape index (κ2) is 7.13. The Morgan fingerprint density at radius 1 is 1.26 bits per heavy atom. The lowest BCUT2D eigenvalue weighted by atomic mass is 9.95. The fourth-order valence-electron chi connectivity index (χ4n) is 3.14. The van der Waals surface area contributed by atoms with Crippen molar-refractivity contribution in [2.45, 2.75) is 19.8 Å². The Hall–Kier alpha value is -1.88. The van der Waals surface area contributed by atoms with Gasteiger partial charge >= 0.3 is 0 Å². The molecule has 2 fully saturated rings. The van der Waals surface area contributed by atoms with Crippen LogP contribution in [0, 0.1) is 18.8 Å². The summed E-state index contributed by atoms with van der Waals surface area (Å²) in [7, 11) is 0. The van der Waals surface area contributed by atoms with E-state index in [9.17, 15) is 9.59 Å². The van der Waals surface area contributed by atoms with Gasteiger partial charge < -0.3 is 15.5 Å². The Labute approximate surface area is 137 Å². The molecule has 0 radical (unpaired) electrons. The smallest absolute Gasteiger partial charge is 0.253 e. The molecule has 1 atom stereocenters. The minimum Gasteiger partial charge on any atom is -0.355 e. The molecular weight excluding hydrogens is 290 g/mol. The number of carbonyl (C=O) groups excluding carboxylic acids is 2. The third kappa shape index (κ3) is 3.91. The normalized spacial score (nSPS) is 21.6. The number of amides is 2. The van der Waals surface area contributed by atoms with Gasteiger partial charge in [-0.25, -0.2) is 0 Å². The minimum absolute atomic E-state index is 0.0330. The number of carbonyl (C=O) groups is 2. The van der Waals surface area contributed by atoms with Crippen molar-refractivity contribution >= 4 is 11.8 Å². The summed E-state index contributed by atoms with van der Waals surface area (Å²) in [5.74, 6) is 0.614. The highest BCUT2D eigenvalue weighted by Gasteiger charge is 2.29. The minimum atomic E-state index is -0.0776. The molecule has 1 aromatic carbocycles. The zero-order valence-corrected chi connectivity index (χ0v) is 13.7. The molecule has 124 valence electrons. The van der Waals surface area contributed by atoms with Crippen LogP contribution in [-0.4, -0.2) is 49.4 Å².